The molecule has 2 rings (SSSR count). The number of benzene rings is 1. The van der Waals surface area contributed by atoms with Gasteiger partial charge < -0.3 is 14.8 Å². The average Bonchev–Trinajstić information content (AvgIpc) is 2.52. The summed E-state index contributed by atoms with van der Waals surface area (Å²) in [6, 6.07) is 6.15. The Morgan fingerprint density at radius 1 is 1.43 bits per heavy atom. The Hall–Kier alpha value is -0.620. The van der Waals surface area contributed by atoms with Gasteiger partial charge in [0.1, 0.15) is 18.5 Å². The molecule has 0 spiro atoms. The summed E-state index contributed by atoms with van der Waals surface area (Å²) >= 11 is 3.52. The van der Waals surface area contributed by atoms with Gasteiger partial charge in [-0.1, -0.05) is 29.8 Å². The number of ether oxygens (including phenoxy) is 2. The third kappa shape index (κ3) is 5.25. The van der Waals surface area contributed by atoms with Gasteiger partial charge in [0.05, 0.1) is 6.61 Å². The molecule has 118 valence electrons. The Bertz CT molecular complexity index is 442. The molecule has 1 N–H and O–H groups in total. The minimum absolute atomic E-state index is 0.161. The fraction of sp³-hybridized carbons (Fsp3) is 0.625. The molecule has 0 aliphatic carbocycles. The number of halogens is 1. The van der Waals surface area contributed by atoms with Crippen molar-refractivity contribution in [3.8, 4) is 5.75 Å². The molecule has 1 unspecified atom stereocenters. The predicted molar refractivity (Wildman–Crippen MR) is 88.9 cm³/mol. The van der Waals surface area contributed by atoms with E-state index in [4.69, 9.17) is 9.47 Å². The Kier molecular flexibility index (Phi) is 6.96. The van der Waals surface area contributed by atoms with Crippen LogP contribution in [0.4, 0.5) is 0 Å². The Labute approximate surface area is 135 Å². The second kappa shape index (κ2) is 8.73. The third-order valence-electron chi connectivity index (χ3n) is 3.68. The summed E-state index contributed by atoms with van der Waals surface area (Å²) in [5, 5.41) is 3.35. The molecule has 1 aromatic rings. The molecule has 1 atom stereocenters. The van der Waals surface area contributed by atoms with Gasteiger partial charge >= 0.3 is 0 Å². The molecule has 1 heterocycles. The van der Waals surface area contributed by atoms with Crippen molar-refractivity contribution in [1.29, 1.82) is 0 Å². The summed E-state index contributed by atoms with van der Waals surface area (Å²) in [5.74, 6) is 0.941. The van der Waals surface area contributed by atoms with Gasteiger partial charge in [0.25, 0.3) is 0 Å². The van der Waals surface area contributed by atoms with Gasteiger partial charge in [0.15, 0.2) is 0 Å². The summed E-state index contributed by atoms with van der Waals surface area (Å²) in [6.07, 6.45) is 0.161. The van der Waals surface area contributed by atoms with Crippen LogP contribution in [0.15, 0.2) is 22.7 Å². The van der Waals surface area contributed by atoms with Crippen LogP contribution < -0.4 is 10.1 Å². The second-order valence-electron chi connectivity index (χ2n) is 5.23. The Balaban J connectivity index is 1.92. The fourth-order valence-corrected chi connectivity index (χ4v) is 2.85. The molecule has 21 heavy (non-hydrogen) atoms. The zero-order valence-electron chi connectivity index (χ0n) is 12.9. The summed E-state index contributed by atoms with van der Waals surface area (Å²) in [6.45, 7) is 10.5. The van der Waals surface area contributed by atoms with Crippen LogP contribution in [0.3, 0.4) is 0 Å². The van der Waals surface area contributed by atoms with Crippen molar-refractivity contribution in [2.24, 2.45) is 0 Å². The first-order valence-electron chi connectivity index (χ1n) is 7.68. The zero-order chi connectivity index (χ0) is 15.1. The summed E-state index contributed by atoms with van der Waals surface area (Å²) < 4.78 is 12.9. The van der Waals surface area contributed by atoms with Crippen LogP contribution >= 0.6 is 15.9 Å². The quantitative estimate of drug-likeness (QED) is 0.814. The van der Waals surface area contributed by atoms with Crippen LogP contribution in [0.25, 0.3) is 0 Å². The van der Waals surface area contributed by atoms with Gasteiger partial charge in [-0.05, 0) is 31.3 Å². The first kappa shape index (κ1) is 16.7. The van der Waals surface area contributed by atoms with Crippen molar-refractivity contribution in [3.05, 3.63) is 28.2 Å². The van der Waals surface area contributed by atoms with Crippen molar-refractivity contribution < 1.29 is 9.47 Å². The lowest BCUT2D eigenvalue weighted by molar-refractivity contribution is -0.0465. The first-order chi connectivity index (χ1) is 10.2. The number of likely N-dealkylation sites (N-methyl/N-ethyl adjacent to an activating group) is 1. The lowest BCUT2D eigenvalue weighted by atomic mass is 10.2. The molecule has 1 saturated heterocycles. The minimum Gasteiger partial charge on any atom is -0.490 e. The smallest absolute Gasteiger partial charge is 0.124 e. The van der Waals surface area contributed by atoms with Crippen LogP contribution in [-0.2, 0) is 11.3 Å². The Morgan fingerprint density at radius 2 is 2.29 bits per heavy atom. The maximum Gasteiger partial charge on any atom is 0.124 e. The van der Waals surface area contributed by atoms with Gasteiger partial charge in [-0.25, -0.2) is 0 Å². The van der Waals surface area contributed by atoms with E-state index in [0.717, 1.165) is 49.6 Å². The third-order valence-corrected chi connectivity index (χ3v) is 4.18. The molecule has 0 amide bonds. The molecule has 5 heteroatoms. The molecular formula is C16H25BrN2O2. The molecule has 1 fully saturated rings. The van der Waals surface area contributed by atoms with E-state index < -0.39 is 0 Å². The SMILES string of the molecule is CCNCc1cc(Br)ccc1OCC1CN(CC)CCO1. The summed E-state index contributed by atoms with van der Waals surface area (Å²) in [4.78, 5) is 2.40. The lowest BCUT2D eigenvalue weighted by Crippen LogP contribution is -2.44. The van der Waals surface area contributed by atoms with Gasteiger partial charge in [-0.2, -0.15) is 0 Å². The van der Waals surface area contributed by atoms with E-state index in [1.54, 1.807) is 0 Å². The van der Waals surface area contributed by atoms with Crippen LogP contribution in [-0.4, -0.2) is 50.4 Å². The monoisotopic (exact) mass is 356 g/mol. The maximum absolute atomic E-state index is 6.01. The molecule has 1 aromatic carbocycles. The van der Waals surface area contributed by atoms with Gasteiger partial charge in [0.2, 0.25) is 0 Å². The van der Waals surface area contributed by atoms with E-state index in [0.29, 0.717) is 6.61 Å². The van der Waals surface area contributed by atoms with Crippen molar-refractivity contribution in [2.75, 3.05) is 39.4 Å². The molecule has 0 bridgehead atoms. The maximum atomic E-state index is 6.01. The minimum atomic E-state index is 0.161. The highest BCUT2D eigenvalue weighted by molar-refractivity contribution is 9.10. The highest BCUT2D eigenvalue weighted by Crippen LogP contribution is 2.23. The average molecular weight is 357 g/mol. The van der Waals surface area contributed by atoms with E-state index >= 15 is 0 Å². The van der Waals surface area contributed by atoms with Crippen LogP contribution in [0.1, 0.15) is 19.4 Å². The summed E-state index contributed by atoms with van der Waals surface area (Å²) in [7, 11) is 0. The topological polar surface area (TPSA) is 33.7 Å². The van der Waals surface area contributed by atoms with Crippen LogP contribution in [0.5, 0.6) is 5.75 Å². The lowest BCUT2D eigenvalue weighted by Gasteiger charge is -2.32. The van der Waals surface area contributed by atoms with E-state index in [-0.39, 0.29) is 6.10 Å². The normalized spacial score (nSPS) is 19.7. The highest BCUT2D eigenvalue weighted by atomic mass is 79.9. The number of hydrogen-bond donors (Lipinski definition) is 1. The first-order valence-corrected chi connectivity index (χ1v) is 8.48. The number of nitrogens with zero attached hydrogens (tertiary/aromatic N) is 1. The zero-order valence-corrected chi connectivity index (χ0v) is 14.5. The molecule has 0 radical (unpaired) electrons. The van der Waals surface area contributed by atoms with Crippen LogP contribution in [0.2, 0.25) is 0 Å². The van der Waals surface area contributed by atoms with Gasteiger partial charge in [-0.15, -0.1) is 0 Å². The van der Waals surface area contributed by atoms with E-state index in [2.05, 4.69) is 46.1 Å². The van der Waals surface area contributed by atoms with E-state index in [1.807, 2.05) is 12.1 Å². The van der Waals surface area contributed by atoms with E-state index in [1.165, 1.54) is 5.56 Å². The van der Waals surface area contributed by atoms with Gasteiger partial charge in [0, 0.05) is 29.7 Å². The van der Waals surface area contributed by atoms with E-state index in [9.17, 15) is 0 Å². The standard InChI is InChI=1S/C16H25BrN2O2/c1-3-18-10-13-9-14(17)5-6-16(13)21-12-15-11-19(4-2)7-8-20-15/h5-6,9,15,18H,3-4,7-8,10-12H2,1-2H3. The van der Waals surface area contributed by atoms with Crippen molar-refractivity contribution in [2.45, 2.75) is 26.5 Å². The van der Waals surface area contributed by atoms with Crippen molar-refractivity contribution in [1.82, 2.24) is 10.2 Å². The molecular weight excluding hydrogens is 332 g/mol. The predicted octanol–water partition coefficient (Wildman–Crippen LogP) is 2.66. The van der Waals surface area contributed by atoms with Crippen molar-refractivity contribution >= 4 is 15.9 Å². The highest BCUT2D eigenvalue weighted by Gasteiger charge is 2.20. The Morgan fingerprint density at radius 3 is 3.05 bits per heavy atom. The summed E-state index contributed by atoms with van der Waals surface area (Å²) in [5.41, 5.74) is 1.18. The van der Waals surface area contributed by atoms with Crippen LogP contribution in [0, 0.1) is 0 Å². The largest absolute Gasteiger partial charge is 0.490 e. The van der Waals surface area contributed by atoms with Gasteiger partial charge in [-0.3, -0.25) is 4.90 Å². The number of hydrogen-bond acceptors (Lipinski definition) is 4. The number of rotatable bonds is 7. The molecule has 0 aromatic heterocycles. The second-order valence-corrected chi connectivity index (χ2v) is 6.15. The number of nitrogens with one attached hydrogen (secondary N) is 1. The molecule has 1 aliphatic rings. The molecule has 4 nitrogen and oxygen atoms in total. The molecule has 0 saturated carbocycles. The van der Waals surface area contributed by atoms with Crippen molar-refractivity contribution in [3.63, 3.8) is 0 Å². The number of morpholine rings is 1. The molecule has 1 aliphatic heterocycles. The fourth-order valence-electron chi connectivity index (χ4n) is 2.44.